The molecular formula is C18H16FN3O. The third-order valence-corrected chi connectivity index (χ3v) is 4.29. The summed E-state index contributed by atoms with van der Waals surface area (Å²) >= 11 is 0. The van der Waals surface area contributed by atoms with Crippen LogP contribution < -0.4 is 0 Å². The summed E-state index contributed by atoms with van der Waals surface area (Å²) in [6.07, 6.45) is 2.81. The summed E-state index contributed by atoms with van der Waals surface area (Å²) in [6.45, 7) is 2.53. The van der Waals surface area contributed by atoms with Crippen LogP contribution in [-0.4, -0.2) is 14.8 Å². The highest BCUT2D eigenvalue weighted by Crippen LogP contribution is 2.58. The van der Waals surface area contributed by atoms with Crippen LogP contribution in [0.1, 0.15) is 22.8 Å². The second kappa shape index (κ2) is 5.28. The van der Waals surface area contributed by atoms with E-state index in [1.165, 1.54) is 18.0 Å². The van der Waals surface area contributed by atoms with E-state index in [-0.39, 0.29) is 11.9 Å². The number of benzene rings is 2. The van der Waals surface area contributed by atoms with Gasteiger partial charge in [0.05, 0.1) is 6.54 Å². The Morgan fingerprint density at radius 2 is 1.96 bits per heavy atom. The zero-order chi connectivity index (χ0) is 15.9. The van der Waals surface area contributed by atoms with Crippen LogP contribution in [0.2, 0.25) is 0 Å². The summed E-state index contributed by atoms with van der Waals surface area (Å²) in [5.41, 5.74) is 2.16. The summed E-state index contributed by atoms with van der Waals surface area (Å²) in [5.74, 6) is -0.245. The van der Waals surface area contributed by atoms with Crippen molar-refractivity contribution in [3.63, 3.8) is 0 Å². The van der Waals surface area contributed by atoms with Gasteiger partial charge < -0.3 is 4.74 Å². The Morgan fingerprint density at radius 1 is 1.17 bits per heavy atom. The van der Waals surface area contributed by atoms with Crippen LogP contribution in [0.3, 0.4) is 0 Å². The van der Waals surface area contributed by atoms with Crippen molar-refractivity contribution in [3.05, 3.63) is 83.7 Å². The Kier molecular flexibility index (Phi) is 3.23. The highest BCUT2D eigenvalue weighted by atomic mass is 19.1. The Morgan fingerprint density at radius 3 is 2.65 bits per heavy atom. The van der Waals surface area contributed by atoms with Crippen molar-refractivity contribution in [1.82, 2.24) is 14.8 Å². The second-order valence-corrected chi connectivity index (χ2v) is 5.87. The lowest BCUT2D eigenvalue weighted by Crippen LogP contribution is -2.19. The lowest BCUT2D eigenvalue weighted by Gasteiger charge is -2.14. The van der Waals surface area contributed by atoms with Crippen molar-refractivity contribution < 1.29 is 9.13 Å². The van der Waals surface area contributed by atoms with Crippen LogP contribution in [-0.2, 0) is 16.9 Å². The molecule has 2 heterocycles. The van der Waals surface area contributed by atoms with Crippen LogP contribution in [0.15, 0.2) is 61.2 Å². The predicted octanol–water partition coefficient (Wildman–Crippen LogP) is 3.39. The third-order valence-electron chi connectivity index (χ3n) is 4.29. The van der Waals surface area contributed by atoms with Gasteiger partial charge in [-0.2, -0.15) is 5.10 Å². The maximum absolute atomic E-state index is 14.2. The van der Waals surface area contributed by atoms with E-state index < -0.39 is 5.60 Å². The number of ether oxygens (including phenoxy) is 1. The molecule has 1 aliphatic rings. The van der Waals surface area contributed by atoms with Gasteiger partial charge in [-0.05, 0) is 18.6 Å². The summed E-state index contributed by atoms with van der Waals surface area (Å²) in [4.78, 5) is 3.98. The minimum absolute atomic E-state index is 0.245. The van der Waals surface area contributed by atoms with Crippen LogP contribution in [0.4, 0.5) is 4.39 Å². The van der Waals surface area contributed by atoms with Crippen molar-refractivity contribution in [1.29, 1.82) is 0 Å². The minimum Gasteiger partial charge on any atom is -0.354 e. The monoisotopic (exact) mass is 309 g/mol. The number of nitrogens with zero attached hydrogens (tertiary/aromatic N) is 3. The molecule has 116 valence electrons. The fraction of sp³-hybridized carbons (Fsp3) is 0.222. The number of hydrogen-bond donors (Lipinski definition) is 0. The smallest absolute Gasteiger partial charge is 0.144 e. The molecule has 1 saturated heterocycles. The van der Waals surface area contributed by atoms with Crippen LogP contribution in [0.5, 0.6) is 0 Å². The normalized spacial score (nSPS) is 23.0. The van der Waals surface area contributed by atoms with Gasteiger partial charge in [-0.25, -0.2) is 14.1 Å². The minimum atomic E-state index is -0.608. The first-order valence-electron chi connectivity index (χ1n) is 7.51. The van der Waals surface area contributed by atoms with Crippen molar-refractivity contribution in [3.8, 4) is 0 Å². The van der Waals surface area contributed by atoms with Gasteiger partial charge in [-0.3, -0.25) is 0 Å². The third kappa shape index (κ3) is 2.43. The average Bonchev–Trinajstić information content (AvgIpc) is 3.02. The summed E-state index contributed by atoms with van der Waals surface area (Å²) in [6, 6.07) is 14.9. The number of aryl methyl sites for hydroxylation is 1. The number of epoxide rings is 1. The number of halogens is 1. The molecule has 5 heteroatoms. The molecule has 4 nitrogen and oxygen atoms in total. The summed E-state index contributed by atoms with van der Waals surface area (Å²) < 4.78 is 21.9. The van der Waals surface area contributed by atoms with Gasteiger partial charge in [0.15, 0.2) is 0 Å². The molecule has 0 spiro atoms. The molecule has 1 aliphatic heterocycles. The number of hydrogen-bond acceptors (Lipinski definition) is 3. The first kappa shape index (κ1) is 14.1. The molecule has 4 rings (SSSR count). The lowest BCUT2D eigenvalue weighted by molar-refractivity contribution is 0.262. The molecule has 0 amide bonds. The average molecular weight is 309 g/mol. The molecule has 2 aromatic carbocycles. The van der Waals surface area contributed by atoms with E-state index in [0.29, 0.717) is 12.1 Å². The van der Waals surface area contributed by atoms with Gasteiger partial charge in [0.2, 0.25) is 0 Å². The molecule has 0 saturated carbocycles. The first-order chi connectivity index (χ1) is 11.2. The molecule has 3 aromatic rings. The van der Waals surface area contributed by atoms with Crippen LogP contribution in [0.25, 0.3) is 0 Å². The standard InChI is InChI=1S/C18H16FN3O/c1-13-6-8-14(9-7-13)18(10-22-12-20-11-21-22)17(23-18)15-4-2-3-5-16(15)19/h2-9,11-12,17H,10H2,1H3. The maximum Gasteiger partial charge on any atom is 0.144 e. The molecule has 1 aromatic heterocycles. The van der Waals surface area contributed by atoms with Crippen molar-refractivity contribution in [2.24, 2.45) is 0 Å². The van der Waals surface area contributed by atoms with E-state index in [1.54, 1.807) is 23.1 Å². The Labute approximate surface area is 133 Å². The van der Waals surface area contributed by atoms with Crippen molar-refractivity contribution >= 4 is 0 Å². The quantitative estimate of drug-likeness (QED) is 0.694. The van der Waals surface area contributed by atoms with E-state index in [9.17, 15) is 4.39 Å². The molecule has 0 bridgehead atoms. The predicted molar refractivity (Wildman–Crippen MR) is 83.1 cm³/mol. The fourth-order valence-corrected chi connectivity index (χ4v) is 3.00. The zero-order valence-electron chi connectivity index (χ0n) is 12.7. The molecule has 0 radical (unpaired) electrons. The first-order valence-corrected chi connectivity index (χ1v) is 7.51. The molecule has 0 N–H and O–H groups in total. The van der Waals surface area contributed by atoms with Crippen molar-refractivity contribution in [2.75, 3.05) is 0 Å². The largest absolute Gasteiger partial charge is 0.354 e. The van der Waals surface area contributed by atoms with E-state index >= 15 is 0 Å². The van der Waals surface area contributed by atoms with Gasteiger partial charge in [0, 0.05) is 5.56 Å². The zero-order valence-corrected chi connectivity index (χ0v) is 12.7. The van der Waals surface area contributed by atoms with Gasteiger partial charge >= 0.3 is 0 Å². The molecule has 23 heavy (non-hydrogen) atoms. The maximum atomic E-state index is 14.2. The van der Waals surface area contributed by atoms with E-state index in [1.807, 2.05) is 37.3 Å². The van der Waals surface area contributed by atoms with E-state index in [4.69, 9.17) is 4.74 Å². The van der Waals surface area contributed by atoms with E-state index in [2.05, 4.69) is 10.1 Å². The van der Waals surface area contributed by atoms with Gasteiger partial charge in [-0.15, -0.1) is 0 Å². The summed E-state index contributed by atoms with van der Waals surface area (Å²) in [7, 11) is 0. The Bertz CT molecular complexity index is 817. The fourth-order valence-electron chi connectivity index (χ4n) is 3.00. The Hall–Kier alpha value is -2.53. The van der Waals surface area contributed by atoms with E-state index in [0.717, 1.165) is 5.56 Å². The molecular weight excluding hydrogens is 293 g/mol. The second-order valence-electron chi connectivity index (χ2n) is 5.87. The van der Waals surface area contributed by atoms with Crippen LogP contribution in [0, 0.1) is 12.7 Å². The highest BCUT2D eigenvalue weighted by molar-refractivity contribution is 5.37. The highest BCUT2D eigenvalue weighted by Gasteiger charge is 2.59. The lowest BCUT2D eigenvalue weighted by atomic mass is 9.91. The molecule has 0 aliphatic carbocycles. The Balaban J connectivity index is 1.74. The molecule has 2 atom stereocenters. The molecule has 1 fully saturated rings. The van der Waals surface area contributed by atoms with Gasteiger partial charge in [0.25, 0.3) is 0 Å². The van der Waals surface area contributed by atoms with Crippen molar-refractivity contribution in [2.45, 2.75) is 25.2 Å². The SMILES string of the molecule is Cc1ccc(C2(Cn3cncn3)OC2c2ccccc2F)cc1. The number of aromatic nitrogens is 3. The number of rotatable bonds is 4. The van der Waals surface area contributed by atoms with Gasteiger partial charge in [0.1, 0.15) is 30.2 Å². The van der Waals surface area contributed by atoms with Crippen LogP contribution >= 0.6 is 0 Å². The van der Waals surface area contributed by atoms with Gasteiger partial charge in [-0.1, -0.05) is 48.0 Å². The molecule has 2 unspecified atom stereocenters. The summed E-state index contributed by atoms with van der Waals surface area (Å²) in [5, 5.41) is 4.17. The topological polar surface area (TPSA) is 43.2 Å².